The number of nitrogens with zero attached hydrogens (tertiary/aromatic N) is 1. The van der Waals surface area contributed by atoms with Crippen LogP contribution in [0, 0.1) is 0 Å². The molecule has 0 fully saturated rings. The highest BCUT2D eigenvalue weighted by Gasteiger charge is 2.11. The van der Waals surface area contributed by atoms with Crippen LogP contribution in [0.3, 0.4) is 0 Å². The minimum atomic E-state index is 0.677. The van der Waals surface area contributed by atoms with Gasteiger partial charge in [0.2, 0.25) is 5.89 Å². The molecule has 0 aliphatic carbocycles. The molecule has 3 aromatic carbocycles. The zero-order chi connectivity index (χ0) is 14.8. The van der Waals surface area contributed by atoms with Gasteiger partial charge in [0.05, 0.1) is 0 Å². The Bertz CT molecular complexity index is 895. The SMILES string of the molecule is c1ccc(Cc2cccc3nc(-c4ccccc4)oc23)cc1. The standard InChI is InChI=1S/C20H15NO/c1-3-8-15(9-4-1)14-17-12-7-13-18-19(17)22-20(21-18)16-10-5-2-6-11-16/h1-13H,14H2. The zero-order valence-electron chi connectivity index (χ0n) is 12.1. The van der Waals surface area contributed by atoms with Crippen LogP contribution in [0.4, 0.5) is 0 Å². The van der Waals surface area contributed by atoms with Gasteiger partial charge < -0.3 is 4.42 Å². The third kappa shape index (κ3) is 2.40. The lowest BCUT2D eigenvalue weighted by Crippen LogP contribution is -1.87. The molecule has 22 heavy (non-hydrogen) atoms. The lowest BCUT2D eigenvalue weighted by Gasteiger charge is -2.01. The number of para-hydroxylation sites is 1. The summed E-state index contributed by atoms with van der Waals surface area (Å²) in [4.78, 5) is 4.62. The van der Waals surface area contributed by atoms with Crippen LogP contribution in [0.1, 0.15) is 11.1 Å². The summed E-state index contributed by atoms with van der Waals surface area (Å²) in [6, 6.07) is 26.6. The molecule has 0 atom stereocenters. The largest absolute Gasteiger partial charge is 0.436 e. The minimum Gasteiger partial charge on any atom is -0.436 e. The second-order valence-electron chi connectivity index (χ2n) is 5.31. The van der Waals surface area contributed by atoms with E-state index < -0.39 is 0 Å². The Morgan fingerprint density at radius 3 is 2.23 bits per heavy atom. The van der Waals surface area contributed by atoms with Gasteiger partial charge in [-0.3, -0.25) is 0 Å². The van der Waals surface area contributed by atoms with Crippen LogP contribution < -0.4 is 0 Å². The molecule has 0 amide bonds. The first-order chi connectivity index (χ1) is 10.9. The fraction of sp³-hybridized carbons (Fsp3) is 0.0500. The summed E-state index contributed by atoms with van der Waals surface area (Å²) >= 11 is 0. The summed E-state index contributed by atoms with van der Waals surface area (Å²) in [7, 11) is 0. The van der Waals surface area contributed by atoms with E-state index in [2.05, 4.69) is 35.3 Å². The second kappa shape index (κ2) is 5.49. The van der Waals surface area contributed by atoms with E-state index in [1.54, 1.807) is 0 Å². The van der Waals surface area contributed by atoms with Crippen LogP contribution in [-0.4, -0.2) is 4.98 Å². The highest BCUT2D eigenvalue weighted by Crippen LogP contribution is 2.27. The molecule has 0 radical (unpaired) electrons. The fourth-order valence-electron chi connectivity index (χ4n) is 2.67. The van der Waals surface area contributed by atoms with E-state index in [9.17, 15) is 0 Å². The van der Waals surface area contributed by atoms with Gasteiger partial charge in [-0.05, 0) is 23.8 Å². The summed E-state index contributed by atoms with van der Waals surface area (Å²) in [6.45, 7) is 0. The predicted octanol–water partition coefficient (Wildman–Crippen LogP) is 5.09. The molecule has 0 saturated carbocycles. The Morgan fingerprint density at radius 2 is 1.45 bits per heavy atom. The topological polar surface area (TPSA) is 26.0 Å². The zero-order valence-corrected chi connectivity index (χ0v) is 12.1. The molecule has 2 heteroatoms. The van der Waals surface area contributed by atoms with Gasteiger partial charge in [-0.1, -0.05) is 60.7 Å². The normalized spacial score (nSPS) is 10.9. The summed E-state index contributed by atoms with van der Waals surface area (Å²) in [6.07, 6.45) is 0.849. The van der Waals surface area contributed by atoms with Crippen molar-refractivity contribution < 1.29 is 4.42 Å². The summed E-state index contributed by atoms with van der Waals surface area (Å²) < 4.78 is 6.05. The smallest absolute Gasteiger partial charge is 0.227 e. The lowest BCUT2D eigenvalue weighted by molar-refractivity contribution is 0.616. The minimum absolute atomic E-state index is 0.677. The van der Waals surface area contributed by atoms with Crippen molar-refractivity contribution in [2.24, 2.45) is 0 Å². The predicted molar refractivity (Wildman–Crippen MR) is 88.7 cm³/mol. The monoisotopic (exact) mass is 285 g/mol. The number of oxazole rings is 1. The van der Waals surface area contributed by atoms with Crippen LogP contribution in [0.2, 0.25) is 0 Å². The maximum atomic E-state index is 6.05. The molecule has 0 bridgehead atoms. The van der Waals surface area contributed by atoms with E-state index in [1.807, 2.05) is 48.5 Å². The van der Waals surface area contributed by atoms with Gasteiger partial charge in [0.1, 0.15) is 5.52 Å². The molecule has 0 aliphatic rings. The molecule has 4 rings (SSSR count). The van der Waals surface area contributed by atoms with Gasteiger partial charge in [-0.2, -0.15) is 0 Å². The van der Waals surface area contributed by atoms with Gasteiger partial charge >= 0.3 is 0 Å². The van der Waals surface area contributed by atoms with Crippen LogP contribution in [0.15, 0.2) is 83.3 Å². The Labute approximate surface area is 129 Å². The number of benzene rings is 3. The van der Waals surface area contributed by atoms with E-state index in [0.717, 1.165) is 23.1 Å². The number of fused-ring (bicyclic) bond motifs is 1. The summed E-state index contributed by atoms with van der Waals surface area (Å²) in [5.74, 6) is 0.677. The number of rotatable bonds is 3. The van der Waals surface area contributed by atoms with Crippen molar-refractivity contribution in [1.82, 2.24) is 4.98 Å². The van der Waals surface area contributed by atoms with E-state index in [4.69, 9.17) is 4.42 Å². The van der Waals surface area contributed by atoms with Crippen LogP contribution in [0.5, 0.6) is 0 Å². The molecule has 0 spiro atoms. The molecule has 4 aromatic rings. The van der Waals surface area contributed by atoms with Crippen LogP contribution in [-0.2, 0) is 6.42 Å². The molecule has 0 unspecified atom stereocenters. The molecule has 0 aliphatic heterocycles. The quantitative estimate of drug-likeness (QED) is 0.524. The number of hydrogen-bond acceptors (Lipinski definition) is 2. The third-order valence-corrected chi connectivity index (χ3v) is 3.75. The van der Waals surface area contributed by atoms with Crippen molar-refractivity contribution in [3.05, 3.63) is 90.0 Å². The second-order valence-corrected chi connectivity index (χ2v) is 5.31. The van der Waals surface area contributed by atoms with Crippen molar-refractivity contribution in [1.29, 1.82) is 0 Å². The molecule has 2 nitrogen and oxygen atoms in total. The van der Waals surface area contributed by atoms with Gasteiger partial charge in [0.25, 0.3) is 0 Å². The van der Waals surface area contributed by atoms with Gasteiger partial charge in [0.15, 0.2) is 5.58 Å². The molecule has 0 N–H and O–H groups in total. The lowest BCUT2D eigenvalue weighted by atomic mass is 10.0. The number of hydrogen-bond donors (Lipinski definition) is 0. The van der Waals surface area contributed by atoms with Gasteiger partial charge in [0, 0.05) is 17.5 Å². The maximum absolute atomic E-state index is 6.05. The van der Waals surface area contributed by atoms with E-state index in [1.165, 1.54) is 11.1 Å². The van der Waals surface area contributed by atoms with Crippen molar-refractivity contribution in [3.8, 4) is 11.5 Å². The van der Waals surface area contributed by atoms with Crippen molar-refractivity contribution in [3.63, 3.8) is 0 Å². The van der Waals surface area contributed by atoms with Crippen LogP contribution >= 0.6 is 0 Å². The highest BCUT2D eigenvalue weighted by atomic mass is 16.3. The van der Waals surface area contributed by atoms with Gasteiger partial charge in [-0.25, -0.2) is 4.98 Å². The van der Waals surface area contributed by atoms with Crippen molar-refractivity contribution >= 4 is 11.1 Å². The first-order valence-electron chi connectivity index (χ1n) is 7.38. The van der Waals surface area contributed by atoms with E-state index >= 15 is 0 Å². The first-order valence-corrected chi connectivity index (χ1v) is 7.38. The van der Waals surface area contributed by atoms with E-state index in [-0.39, 0.29) is 0 Å². The highest BCUT2D eigenvalue weighted by molar-refractivity contribution is 5.79. The molecular weight excluding hydrogens is 270 g/mol. The van der Waals surface area contributed by atoms with Crippen molar-refractivity contribution in [2.75, 3.05) is 0 Å². The molecule has 1 heterocycles. The third-order valence-electron chi connectivity index (χ3n) is 3.75. The van der Waals surface area contributed by atoms with Crippen LogP contribution in [0.25, 0.3) is 22.6 Å². The number of aromatic nitrogens is 1. The Balaban J connectivity index is 1.78. The average molecular weight is 285 g/mol. The fourth-order valence-corrected chi connectivity index (χ4v) is 2.67. The Kier molecular flexibility index (Phi) is 3.20. The molecular formula is C20H15NO. The first kappa shape index (κ1) is 12.8. The molecule has 1 aromatic heterocycles. The Hall–Kier alpha value is -2.87. The molecule has 0 saturated heterocycles. The summed E-state index contributed by atoms with van der Waals surface area (Å²) in [5.41, 5.74) is 5.23. The van der Waals surface area contributed by atoms with Crippen molar-refractivity contribution in [2.45, 2.75) is 6.42 Å². The maximum Gasteiger partial charge on any atom is 0.227 e. The average Bonchev–Trinajstić information content (AvgIpc) is 3.02. The van der Waals surface area contributed by atoms with E-state index in [0.29, 0.717) is 5.89 Å². The summed E-state index contributed by atoms with van der Waals surface area (Å²) in [5, 5.41) is 0. The van der Waals surface area contributed by atoms with Gasteiger partial charge in [-0.15, -0.1) is 0 Å². The molecule has 106 valence electrons. The Morgan fingerprint density at radius 1 is 0.727 bits per heavy atom.